The molecule has 21 heavy (non-hydrogen) atoms. The third kappa shape index (κ3) is 4.47. The Morgan fingerprint density at radius 3 is 2.57 bits per heavy atom. The lowest BCUT2D eigenvalue weighted by Gasteiger charge is -2.14. The summed E-state index contributed by atoms with van der Waals surface area (Å²) in [5.41, 5.74) is 7.03. The molecule has 2 aromatic rings. The standard InChI is InChI=1S/C19H27NO/c1-2-3-4-5-8-15-21-19-12-11-16-9-6-7-10-17(16)18(19)13-14-20/h6-7,9-12H,2-5,8,13-15,20H2,1H3. The van der Waals surface area contributed by atoms with Gasteiger partial charge in [0, 0.05) is 5.56 Å². The summed E-state index contributed by atoms with van der Waals surface area (Å²) in [6.45, 7) is 3.70. The van der Waals surface area contributed by atoms with Gasteiger partial charge in [-0.05, 0) is 36.2 Å². The van der Waals surface area contributed by atoms with Gasteiger partial charge in [0.25, 0.3) is 0 Å². The Morgan fingerprint density at radius 1 is 0.952 bits per heavy atom. The number of hydrogen-bond acceptors (Lipinski definition) is 2. The number of fused-ring (bicyclic) bond motifs is 1. The average Bonchev–Trinajstić information content (AvgIpc) is 2.52. The largest absolute Gasteiger partial charge is 0.493 e. The highest BCUT2D eigenvalue weighted by Crippen LogP contribution is 2.28. The number of nitrogens with two attached hydrogens (primary N) is 1. The quantitative estimate of drug-likeness (QED) is 0.678. The van der Waals surface area contributed by atoms with Gasteiger partial charge in [-0.15, -0.1) is 0 Å². The van der Waals surface area contributed by atoms with Gasteiger partial charge in [-0.25, -0.2) is 0 Å². The normalized spacial score (nSPS) is 11.0. The van der Waals surface area contributed by atoms with Gasteiger partial charge in [0.05, 0.1) is 6.61 Å². The predicted octanol–water partition coefficient (Wildman–Crippen LogP) is 4.69. The summed E-state index contributed by atoms with van der Waals surface area (Å²) in [4.78, 5) is 0. The molecule has 0 aliphatic carbocycles. The molecule has 2 N–H and O–H groups in total. The minimum absolute atomic E-state index is 0.654. The molecule has 0 heterocycles. The lowest BCUT2D eigenvalue weighted by molar-refractivity contribution is 0.302. The molecule has 0 saturated heterocycles. The lowest BCUT2D eigenvalue weighted by Crippen LogP contribution is -2.07. The fourth-order valence-electron chi connectivity index (χ4n) is 2.74. The molecule has 0 atom stereocenters. The number of benzene rings is 2. The molecule has 0 aliphatic heterocycles. The summed E-state index contributed by atoms with van der Waals surface area (Å²) in [5, 5.41) is 2.53. The zero-order valence-corrected chi connectivity index (χ0v) is 13.1. The number of unbranched alkanes of at least 4 members (excludes halogenated alkanes) is 4. The minimum atomic E-state index is 0.654. The van der Waals surface area contributed by atoms with Crippen LogP contribution in [0.3, 0.4) is 0 Å². The Labute approximate surface area is 128 Å². The van der Waals surface area contributed by atoms with E-state index in [-0.39, 0.29) is 0 Å². The summed E-state index contributed by atoms with van der Waals surface area (Å²) < 4.78 is 6.02. The van der Waals surface area contributed by atoms with E-state index >= 15 is 0 Å². The predicted molar refractivity (Wildman–Crippen MR) is 91.0 cm³/mol. The second-order valence-electron chi connectivity index (χ2n) is 5.56. The Balaban J connectivity index is 2.03. The average molecular weight is 285 g/mol. The molecular weight excluding hydrogens is 258 g/mol. The van der Waals surface area contributed by atoms with Crippen molar-refractivity contribution in [3.63, 3.8) is 0 Å². The van der Waals surface area contributed by atoms with E-state index in [9.17, 15) is 0 Å². The first-order chi connectivity index (χ1) is 10.4. The molecule has 114 valence electrons. The minimum Gasteiger partial charge on any atom is -0.493 e. The molecule has 0 fully saturated rings. The first kappa shape index (κ1) is 15.8. The molecule has 0 unspecified atom stereocenters. The van der Waals surface area contributed by atoms with Crippen molar-refractivity contribution in [1.29, 1.82) is 0 Å². The van der Waals surface area contributed by atoms with Crippen LogP contribution in [0.25, 0.3) is 10.8 Å². The molecule has 0 radical (unpaired) electrons. The third-order valence-electron chi connectivity index (χ3n) is 3.90. The van der Waals surface area contributed by atoms with Gasteiger partial charge in [0.15, 0.2) is 0 Å². The van der Waals surface area contributed by atoms with Crippen molar-refractivity contribution in [2.24, 2.45) is 5.73 Å². The van der Waals surface area contributed by atoms with Gasteiger partial charge < -0.3 is 10.5 Å². The first-order valence-corrected chi connectivity index (χ1v) is 8.20. The van der Waals surface area contributed by atoms with E-state index in [2.05, 4.69) is 43.3 Å². The van der Waals surface area contributed by atoms with Crippen molar-refractivity contribution in [3.05, 3.63) is 42.0 Å². The topological polar surface area (TPSA) is 35.2 Å². The highest BCUT2D eigenvalue weighted by atomic mass is 16.5. The van der Waals surface area contributed by atoms with Crippen LogP contribution >= 0.6 is 0 Å². The van der Waals surface area contributed by atoms with E-state index in [0.717, 1.165) is 25.2 Å². The van der Waals surface area contributed by atoms with Crippen molar-refractivity contribution < 1.29 is 4.74 Å². The second-order valence-corrected chi connectivity index (χ2v) is 5.56. The van der Waals surface area contributed by atoms with E-state index in [0.29, 0.717) is 6.54 Å². The molecule has 0 bridgehead atoms. The molecule has 2 nitrogen and oxygen atoms in total. The second kappa shape index (κ2) is 8.68. The molecule has 0 spiro atoms. The van der Waals surface area contributed by atoms with Gasteiger partial charge in [-0.3, -0.25) is 0 Å². The molecule has 0 aromatic heterocycles. The molecule has 0 aliphatic rings. The highest BCUT2D eigenvalue weighted by Gasteiger charge is 2.08. The van der Waals surface area contributed by atoms with Crippen LogP contribution in [0, 0.1) is 0 Å². The van der Waals surface area contributed by atoms with Crippen molar-refractivity contribution in [2.45, 2.75) is 45.4 Å². The fourth-order valence-corrected chi connectivity index (χ4v) is 2.74. The van der Waals surface area contributed by atoms with Crippen LogP contribution in [0.1, 0.15) is 44.6 Å². The van der Waals surface area contributed by atoms with Gasteiger partial charge in [0.1, 0.15) is 5.75 Å². The first-order valence-electron chi connectivity index (χ1n) is 8.20. The summed E-state index contributed by atoms with van der Waals surface area (Å²) in [5.74, 6) is 1.01. The maximum atomic E-state index is 6.02. The van der Waals surface area contributed by atoms with Crippen LogP contribution < -0.4 is 10.5 Å². The van der Waals surface area contributed by atoms with Crippen LogP contribution in [-0.4, -0.2) is 13.2 Å². The van der Waals surface area contributed by atoms with Gasteiger partial charge in [-0.2, -0.15) is 0 Å². The van der Waals surface area contributed by atoms with E-state index < -0.39 is 0 Å². The number of rotatable bonds is 9. The van der Waals surface area contributed by atoms with E-state index in [1.54, 1.807) is 0 Å². The van der Waals surface area contributed by atoms with Crippen LogP contribution in [0.2, 0.25) is 0 Å². The number of hydrogen-bond donors (Lipinski definition) is 1. The van der Waals surface area contributed by atoms with Crippen LogP contribution in [-0.2, 0) is 6.42 Å². The molecule has 0 amide bonds. The zero-order valence-electron chi connectivity index (χ0n) is 13.1. The lowest BCUT2D eigenvalue weighted by atomic mass is 10.0. The Hall–Kier alpha value is -1.54. The molecule has 2 rings (SSSR count). The SMILES string of the molecule is CCCCCCCOc1ccc2ccccc2c1CCN. The van der Waals surface area contributed by atoms with Gasteiger partial charge in [0.2, 0.25) is 0 Å². The molecule has 0 saturated carbocycles. The van der Waals surface area contributed by atoms with Gasteiger partial charge in [-0.1, -0.05) is 62.9 Å². The maximum absolute atomic E-state index is 6.02. The third-order valence-corrected chi connectivity index (χ3v) is 3.90. The highest BCUT2D eigenvalue weighted by molar-refractivity contribution is 5.87. The molecule has 2 heteroatoms. The molecule has 2 aromatic carbocycles. The monoisotopic (exact) mass is 285 g/mol. The van der Waals surface area contributed by atoms with Crippen LogP contribution in [0.5, 0.6) is 5.75 Å². The maximum Gasteiger partial charge on any atom is 0.123 e. The Kier molecular flexibility index (Phi) is 6.55. The Morgan fingerprint density at radius 2 is 1.76 bits per heavy atom. The van der Waals surface area contributed by atoms with E-state index in [1.807, 2.05) is 0 Å². The summed E-state index contributed by atoms with van der Waals surface area (Å²) in [7, 11) is 0. The number of ether oxygens (including phenoxy) is 1. The fraction of sp³-hybridized carbons (Fsp3) is 0.474. The van der Waals surface area contributed by atoms with Crippen molar-refractivity contribution in [1.82, 2.24) is 0 Å². The van der Waals surface area contributed by atoms with E-state index in [1.165, 1.54) is 42.0 Å². The molecular formula is C19H27NO. The van der Waals surface area contributed by atoms with Crippen LogP contribution in [0.4, 0.5) is 0 Å². The Bertz CT molecular complexity index is 550. The zero-order chi connectivity index (χ0) is 14.9. The van der Waals surface area contributed by atoms with E-state index in [4.69, 9.17) is 10.5 Å². The van der Waals surface area contributed by atoms with Crippen LogP contribution in [0.15, 0.2) is 36.4 Å². The van der Waals surface area contributed by atoms with Gasteiger partial charge >= 0.3 is 0 Å². The smallest absolute Gasteiger partial charge is 0.123 e. The summed E-state index contributed by atoms with van der Waals surface area (Å²) >= 11 is 0. The summed E-state index contributed by atoms with van der Waals surface area (Å²) in [6.07, 6.45) is 7.18. The van der Waals surface area contributed by atoms with Crippen molar-refractivity contribution >= 4 is 10.8 Å². The summed E-state index contributed by atoms with van der Waals surface area (Å²) in [6, 6.07) is 12.7. The van der Waals surface area contributed by atoms with Crippen molar-refractivity contribution in [2.75, 3.05) is 13.2 Å². The van der Waals surface area contributed by atoms with Crippen molar-refractivity contribution in [3.8, 4) is 5.75 Å².